The molecule has 1 N–H and O–H groups in total. The van der Waals surface area contributed by atoms with E-state index in [2.05, 4.69) is 25.2 Å². The van der Waals surface area contributed by atoms with Gasteiger partial charge in [0, 0.05) is 11.9 Å². The van der Waals surface area contributed by atoms with E-state index >= 15 is 0 Å². The Morgan fingerprint density at radius 1 is 1.58 bits per heavy atom. The van der Waals surface area contributed by atoms with Crippen LogP contribution < -0.4 is 5.32 Å². The maximum absolute atomic E-state index is 11.2. The number of carbonyl (C=O) groups is 1. The van der Waals surface area contributed by atoms with E-state index in [9.17, 15) is 4.79 Å². The summed E-state index contributed by atoms with van der Waals surface area (Å²) in [5, 5.41) is 2.76. The minimum atomic E-state index is -0.00287. The monoisotopic (exact) mass is 164 g/mol. The van der Waals surface area contributed by atoms with Crippen molar-refractivity contribution < 1.29 is 4.79 Å². The van der Waals surface area contributed by atoms with Crippen molar-refractivity contribution in [3.8, 4) is 0 Å². The minimum absolute atomic E-state index is 0.00287. The molecule has 0 aliphatic carbocycles. The topological polar surface area (TPSA) is 34.0 Å². The van der Waals surface area contributed by atoms with Gasteiger partial charge < -0.3 is 5.32 Å². The van der Waals surface area contributed by atoms with Gasteiger partial charge in [0.1, 0.15) is 0 Å². The van der Waals surface area contributed by atoms with E-state index in [1.54, 1.807) is 4.57 Å². The van der Waals surface area contributed by atoms with Gasteiger partial charge in [-0.05, 0) is 17.5 Å². The normalized spacial score (nSPS) is 15.1. The smallest absolute Gasteiger partial charge is 0.326 e. The van der Waals surface area contributed by atoms with Gasteiger partial charge in [-0.1, -0.05) is 13.8 Å². The molecule has 0 radical (unpaired) electrons. The number of fused-ring (bicyclic) bond motifs is 1. The molecule has 12 heavy (non-hydrogen) atoms. The summed E-state index contributed by atoms with van der Waals surface area (Å²) in [5.74, 6) is 0.496. The van der Waals surface area contributed by atoms with Gasteiger partial charge in [0.15, 0.2) is 0 Å². The van der Waals surface area contributed by atoms with Crippen molar-refractivity contribution in [3.05, 3.63) is 23.5 Å². The van der Waals surface area contributed by atoms with Crippen molar-refractivity contribution in [2.75, 3.05) is 0 Å². The number of hydrogen-bond acceptors (Lipinski definition) is 1. The van der Waals surface area contributed by atoms with Crippen molar-refractivity contribution in [3.63, 3.8) is 0 Å². The van der Waals surface area contributed by atoms with Crippen LogP contribution in [0.15, 0.2) is 12.3 Å². The summed E-state index contributed by atoms with van der Waals surface area (Å²) in [5.41, 5.74) is 2.31. The van der Waals surface area contributed by atoms with Gasteiger partial charge in [0.25, 0.3) is 0 Å². The molecule has 1 aliphatic rings. The molecule has 0 unspecified atom stereocenters. The molecule has 2 heterocycles. The maximum atomic E-state index is 11.2. The molecule has 0 aromatic carbocycles. The van der Waals surface area contributed by atoms with Crippen LogP contribution in [0.25, 0.3) is 0 Å². The van der Waals surface area contributed by atoms with Crippen LogP contribution in [-0.2, 0) is 6.54 Å². The highest BCUT2D eigenvalue weighted by Crippen LogP contribution is 2.19. The second kappa shape index (κ2) is 2.37. The van der Waals surface area contributed by atoms with Crippen LogP contribution in [0.1, 0.15) is 31.0 Å². The Balaban J connectivity index is 2.43. The Morgan fingerprint density at radius 2 is 2.33 bits per heavy atom. The molecule has 1 aromatic heterocycles. The average Bonchev–Trinajstić information content (AvgIpc) is 2.53. The summed E-state index contributed by atoms with van der Waals surface area (Å²) in [4.78, 5) is 11.2. The summed E-state index contributed by atoms with van der Waals surface area (Å²) >= 11 is 0. The van der Waals surface area contributed by atoms with E-state index in [0.29, 0.717) is 12.5 Å². The van der Waals surface area contributed by atoms with E-state index in [1.165, 1.54) is 5.56 Å². The highest BCUT2D eigenvalue weighted by atomic mass is 16.2. The van der Waals surface area contributed by atoms with E-state index in [4.69, 9.17) is 0 Å². The largest absolute Gasteiger partial charge is 0.332 e. The molecule has 2 rings (SSSR count). The van der Waals surface area contributed by atoms with Gasteiger partial charge >= 0.3 is 6.03 Å². The van der Waals surface area contributed by atoms with E-state index in [-0.39, 0.29) is 6.03 Å². The van der Waals surface area contributed by atoms with Gasteiger partial charge in [-0.2, -0.15) is 0 Å². The lowest BCUT2D eigenvalue weighted by atomic mass is 10.1. The third-order valence-electron chi connectivity index (χ3n) is 2.23. The predicted molar refractivity (Wildman–Crippen MR) is 46.2 cm³/mol. The van der Waals surface area contributed by atoms with E-state index < -0.39 is 0 Å². The fraction of sp³-hybridized carbons (Fsp3) is 0.444. The Labute approximate surface area is 71.4 Å². The first-order valence-electron chi connectivity index (χ1n) is 4.18. The molecule has 0 spiro atoms. The van der Waals surface area contributed by atoms with Crippen LogP contribution in [-0.4, -0.2) is 10.6 Å². The van der Waals surface area contributed by atoms with Gasteiger partial charge in [0.2, 0.25) is 0 Å². The fourth-order valence-corrected chi connectivity index (χ4v) is 1.42. The molecule has 0 saturated heterocycles. The third-order valence-corrected chi connectivity index (χ3v) is 2.23. The molecule has 3 heteroatoms. The van der Waals surface area contributed by atoms with Crippen LogP contribution in [0.3, 0.4) is 0 Å². The number of nitrogens with one attached hydrogen (secondary N) is 1. The summed E-state index contributed by atoms with van der Waals surface area (Å²) in [6, 6.07) is 2.08. The number of carbonyl (C=O) groups excluding carboxylic acids is 1. The lowest BCUT2D eigenvalue weighted by Gasteiger charge is -1.99. The molecule has 0 bridgehead atoms. The molecule has 3 nitrogen and oxygen atoms in total. The van der Waals surface area contributed by atoms with Crippen molar-refractivity contribution in [2.24, 2.45) is 0 Å². The van der Waals surface area contributed by atoms with E-state index in [0.717, 1.165) is 5.69 Å². The van der Waals surface area contributed by atoms with Gasteiger partial charge in [-0.15, -0.1) is 0 Å². The van der Waals surface area contributed by atoms with E-state index in [1.807, 2.05) is 6.20 Å². The van der Waals surface area contributed by atoms with Crippen molar-refractivity contribution in [1.82, 2.24) is 9.88 Å². The Hall–Kier alpha value is -1.25. The Morgan fingerprint density at radius 3 is 2.92 bits per heavy atom. The predicted octanol–water partition coefficient (Wildman–Crippen LogP) is 1.68. The lowest BCUT2D eigenvalue weighted by molar-refractivity contribution is 0.246. The van der Waals surface area contributed by atoms with Crippen LogP contribution in [0.5, 0.6) is 0 Å². The molecule has 1 amide bonds. The summed E-state index contributed by atoms with van der Waals surface area (Å²) in [6.07, 6.45) is 1.92. The highest BCUT2D eigenvalue weighted by Gasteiger charge is 2.19. The third kappa shape index (κ3) is 0.932. The van der Waals surface area contributed by atoms with Crippen LogP contribution >= 0.6 is 0 Å². The Kier molecular flexibility index (Phi) is 1.46. The van der Waals surface area contributed by atoms with Crippen molar-refractivity contribution in [1.29, 1.82) is 0 Å². The van der Waals surface area contributed by atoms with Crippen LogP contribution in [0.4, 0.5) is 4.79 Å². The van der Waals surface area contributed by atoms with Crippen molar-refractivity contribution >= 4 is 6.03 Å². The SMILES string of the molecule is CC(C)c1cc2n(c1)C(=O)NC2. The maximum Gasteiger partial charge on any atom is 0.326 e. The molecule has 0 saturated carbocycles. The molecule has 1 aliphatic heterocycles. The number of rotatable bonds is 1. The molecule has 0 atom stereocenters. The number of hydrogen-bond donors (Lipinski definition) is 1. The van der Waals surface area contributed by atoms with Gasteiger partial charge in [0.05, 0.1) is 6.54 Å². The average molecular weight is 164 g/mol. The standard InChI is InChI=1S/C9H12N2O/c1-6(2)7-3-8-4-10-9(12)11(8)5-7/h3,5-6H,4H2,1-2H3,(H,10,12). The lowest BCUT2D eigenvalue weighted by Crippen LogP contribution is -2.16. The summed E-state index contributed by atoms with van der Waals surface area (Å²) < 4.78 is 1.69. The summed E-state index contributed by atoms with van der Waals surface area (Å²) in [6.45, 7) is 4.93. The first-order chi connectivity index (χ1) is 5.68. The first kappa shape index (κ1) is 7.40. The van der Waals surface area contributed by atoms with Gasteiger partial charge in [-0.3, -0.25) is 4.57 Å². The van der Waals surface area contributed by atoms with Crippen LogP contribution in [0.2, 0.25) is 0 Å². The second-order valence-corrected chi connectivity index (χ2v) is 3.45. The molecule has 1 aromatic rings. The first-order valence-corrected chi connectivity index (χ1v) is 4.18. The quantitative estimate of drug-likeness (QED) is 0.673. The molecule has 0 fully saturated rings. The molecular weight excluding hydrogens is 152 g/mol. The minimum Gasteiger partial charge on any atom is -0.332 e. The number of aromatic nitrogens is 1. The van der Waals surface area contributed by atoms with Gasteiger partial charge in [-0.25, -0.2) is 4.79 Å². The fourth-order valence-electron chi connectivity index (χ4n) is 1.42. The van der Waals surface area contributed by atoms with Crippen molar-refractivity contribution in [2.45, 2.75) is 26.3 Å². The zero-order valence-corrected chi connectivity index (χ0v) is 7.29. The van der Waals surface area contributed by atoms with Crippen LogP contribution in [0, 0.1) is 0 Å². The second-order valence-electron chi connectivity index (χ2n) is 3.45. The number of nitrogens with zero attached hydrogens (tertiary/aromatic N) is 1. The molecular formula is C9H12N2O. The zero-order valence-electron chi connectivity index (χ0n) is 7.29. The highest BCUT2D eigenvalue weighted by molar-refractivity contribution is 5.80. The summed E-state index contributed by atoms with van der Waals surface area (Å²) in [7, 11) is 0. The number of amides is 1. The zero-order chi connectivity index (χ0) is 8.72. The Bertz CT molecular complexity index is 325. The molecule has 64 valence electrons.